The van der Waals surface area contributed by atoms with Gasteiger partial charge in [-0.1, -0.05) is 41.5 Å². The maximum Gasteiger partial charge on any atom is 0.00950 e. The molecule has 0 saturated heterocycles. The standard InChI is InChI=1S/C16H35N/c1-9-15(7,10-2)13(5)17-14(6)16(8,11-3)12-4/h13-14,17H,9-12H2,1-8H3. The van der Waals surface area contributed by atoms with Crippen molar-refractivity contribution in [3.05, 3.63) is 0 Å². The van der Waals surface area contributed by atoms with Gasteiger partial charge in [0.1, 0.15) is 0 Å². The Morgan fingerprint density at radius 1 is 0.706 bits per heavy atom. The van der Waals surface area contributed by atoms with Gasteiger partial charge in [0.2, 0.25) is 0 Å². The number of nitrogens with one attached hydrogen (secondary N) is 1. The van der Waals surface area contributed by atoms with Crippen molar-refractivity contribution in [2.75, 3.05) is 0 Å². The third-order valence-corrected chi connectivity index (χ3v) is 5.82. The second-order valence-electron chi connectivity index (χ2n) is 6.33. The monoisotopic (exact) mass is 241 g/mol. The molecule has 0 aromatic heterocycles. The lowest BCUT2D eigenvalue weighted by molar-refractivity contribution is 0.139. The van der Waals surface area contributed by atoms with Crippen LogP contribution in [0.5, 0.6) is 0 Å². The molecule has 0 radical (unpaired) electrons. The molecule has 2 atom stereocenters. The molecule has 0 fully saturated rings. The summed E-state index contributed by atoms with van der Waals surface area (Å²) in [6.45, 7) is 18.8. The van der Waals surface area contributed by atoms with E-state index in [2.05, 4.69) is 60.7 Å². The van der Waals surface area contributed by atoms with E-state index < -0.39 is 0 Å². The first-order valence-electron chi connectivity index (χ1n) is 7.55. The summed E-state index contributed by atoms with van der Waals surface area (Å²) in [5, 5.41) is 3.86. The van der Waals surface area contributed by atoms with Crippen molar-refractivity contribution in [3.63, 3.8) is 0 Å². The summed E-state index contributed by atoms with van der Waals surface area (Å²) < 4.78 is 0. The maximum absolute atomic E-state index is 3.86. The molecule has 0 aliphatic rings. The lowest BCUT2D eigenvalue weighted by Gasteiger charge is -2.42. The van der Waals surface area contributed by atoms with Crippen molar-refractivity contribution in [1.29, 1.82) is 0 Å². The molecule has 1 heteroatoms. The molecule has 0 aromatic carbocycles. The Morgan fingerprint density at radius 2 is 0.941 bits per heavy atom. The summed E-state index contributed by atoms with van der Waals surface area (Å²) in [5.41, 5.74) is 0.854. The molecule has 0 saturated carbocycles. The minimum atomic E-state index is 0.427. The minimum absolute atomic E-state index is 0.427. The molecular formula is C16H35N. The quantitative estimate of drug-likeness (QED) is 0.630. The van der Waals surface area contributed by atoms with E-state index in [4.69, 9.17) is 0 Å². The van der Waals surface area contributed by atoms with Crippen LogP contribution in [0.2, 0.25) is 0 Å². The summed E-state index contributed by atoms with van der Waals surface area (Å²) in [5.74, 6) is 0. The molecule has 2 unspecified atom stereocenters. The van der Waals surface area contributed by atoms with Gasteiger partial charge in [0.15, 0.2) is 0 Å². The fourth-order valence-corrected chi connectivity index (χ4v) is 2.50. The highest BCUT2D eigenvalue weighted by atomic mass is 15.0. The van der Waals surface area contributed by atoms with Crippen molar-refractivity contribution in [2.45, 2.75) is 93.2 Å². The molecule has 0 bridgehead atoms. The molecule has 0 aliphatic carbocycles. The van der Waals surface area contributed by atoms with Crippen LogP contribution in [0.25, 0.3) is 0 Å². The summed E-state index contributed by atoms with van der Waals surface area (Å²) >= 11 is 0. The largest absolute Gasteiger partial charge is 0.311 e. The van der Waals surface area contributed by atoms with E-state index in [9.17, 15) is 0 Å². The van der Waals surface area contributed by atoms with E-state index in [1.165, 1.54) is 25.7 Å². The molecule has 0 rings (SSSR count). The van der Waals surface area contributed by atoms with Crippen molar-refractivity contribution in [3.8, 4) is 0 Å². The molecule has 0 aliphatic heterocycles. The van der Waals surface area contributed by atoms with Gasteiger partial charge in [0.25, 0.3) is 0 Å². The molecule has 1 N–H and O–H groups in total. The molecule has 104 valence electrons. The Morgan fingerprint density at radius 3 is 1.12 bits per heavy atom. The van der Waals surface area contributed by atoms with Crippen molar-refractivity contribution in [2.24, 2.45) is 10.8 Å². The maximum atomic E-state index is 3.86. The Labute approximate surface area is 110 Å². The predicted molar refractivity (Wildman–Crippen MR) is 79.4 cm³/mol. The van der Waals surface area contributed by atoms with Gasteiger partial charge < -0.3 is 5.32 Å². The topological polar surface area (TPSA) is 12.0 Å². The van der Waals surface area contributed by atoms with Crippen LogP contribution in [-0.2, 0) is 0 Å². The number of hydrogen-bond donors (Lipinski definition) is 1. The fourth-order valence-electron chi connectivity index (χ4n) is 2.50. The van der Waals surface area contributed by atoms with E-state index in [0.717, 1.165) is 0 Å². The molecule has 0 amide bonds. The van der Waals surface area contributed by atoms with E-state index >= 15 is 0 Å². The first-order valence-corrected chi connectivity index (χ1v) is 7.55. The van der Waals surface area contributed by atoms with Crippen molar-refractivity contribution < 1.29 is 0 Å². The van der Waals surface area contributed by atoms with Crippen LogP contribution in [0.3, 0.4) is 0 Å². The first-order chi connectivity index (χ1) is 7.79. The van der Waals surface area contributed by atoms with Gasteiger partial charge in [-0.2, -0.15) is 0 Å². The van der Waals surface area contributed by atoms with E-state index in [-0.39, 0.29) is 0 Å². The zero-order valence-corrected chi connectivity index (χ0v) is 13.5. The Bertz CT molecular complexity index is 180. The van der Waals surface area contributed by atoms with Crippen molar-refractivity contribution >= 4 is 0 Å². The minimum Gasteiger partial charge on any atom is -0.311 e. The average molecular weight is 241 g/mol. The van der Waals surface area contributed by atoms with Crippen LogP contribution in [0, 0.1) is 10.8 Å². The summed E-state index contributed by atoms with van der Waals surface area (Å²) in [4.78, 5) is 0. The van der Waals surface area contributed by atoms with Gasteiger partial charge in [-0.15, -0.1) is 0 Å². The van der Waals surface area contributed by atoms with E-state index in [1.54, 1.807) is 0 Å². The van der Waals surface area contributed by atoms with Crippen LogP contribution in [0.15, 0.2) is 0 Å². The third-order valence-electron chi connectivity index (χ3n) is 5.82. The Kier molecular flexibility index (Phi) is 6.76. The Balaban J connectivity index is 4.62. The SMILES string of the molecule is CCC(C)(CC)C(C)NC(C)C(C)(CC)CC. The summed E-state index contributed by atoms with van der Waals surface area (Å²) in [7, 11) is 0. The lowest BCUT2D eigenvalue weighted by Crippen LogP contribution is -2.50. The lowest BCUT2D eigenvalue weighted by atomic mass is 9.74. The van der Waals surface area contributed by atoms with Crippen LogP contribution in [-0.4, -0.2) is 12.1 Å². The summed E-state index contributed by atoms with van der Waals surface area (Å²) in [6, 6.07) is 1.18. The first kappa shape index (κ1) is 17.0. The van der Waals surface area contributed by atoms with Gasteiger partial charge in [0.05, 0.1) is 0 Å². The molecule has 1 nitrogen and oxygen atoms in total. The molecule has 0 aromatic rings. The highest BCUT2D eigenvalue weighted by Crippen LogP contribution is 2.34. The molecular weight excluding hydrogens is 206 g/mol. The normalized spacial score (nSPS) is 16.9. The molecule has 17 heavy (non-hydrogen) atoms. The highest BCUT2D eigenvalue weighted by molar-refractivity contribution is 4.89. The Hall–Kier alpha value is -0.0400. The fraction of sp³-hybridized carbons (Fsp3) is 1.00. The average Bonchev–Trinajstić information content (AvgIpc) is 2.36. The van der Waals surface area contributed by atoms with Gasteiger partial charge in [-0.05, 0) is 50.4 Å². The zero-order valence-electron chi connectivity index (χ0n) is 13.5. The van der Waals surface area contributed by atoms with Crippen molar-refractivity contribution in [1.82, 2.24) is 5.32 Å². The van der Waals surface area contributed by atoms with E-state index in [0.29, 0.717) is 22.9 Å². The van der Waals surface area contributed by atoms with Crippen LogP contribution in [0.4, 0.5) is 0 Å². The summed E-state index contributed by atoms with van der Waals surface area (Å²) in [6.07, 6.45) is 5.00. The van der Waals surface area contributed by atoms with Gasteiger partial charge in [-0.25, -0.2) is 0 Å². The van der Waals surface area contributed by atoms with E-state index in [1.807, 2.05) is 0 Å². The number of hydrogen-bond acceptors (Lipinski definition) is 1. The van der Waals surface area contributed by atoms with Gasteiger partial charge >= 0.3 is 0 Å². The van der Waals surface area contributed by atoms with Crippen LogP contribution < -0.4 is 5.32 Å². The van der Waals surface area contributed by atoms with Gasteiger partial charge in [0, 0.05) is 12.1 Å². The second kappa shape index (κ2) is 6.78. The van der Waals surface area contributed by atoms with Crippen LogP contribution in [0.1, 0.15) is 81.1 Å². The number of rotatable bonds is 8. The third kappa shape index (κ3) is 3.98. The predicted octanol–water partition coefficient (Wildman–Crippen LogP) is 5.01. The smallest absolute Gasteiger partial charge is 0.00950 e. The zero-order chi connectivity index (χ0) is 13.7. The molecule has 0 heterocycles. The van der Waals surface area contributed by atoms with Crippen LogP contribution >= 0.6 is 0 Å². The second-order valence-corrected chi connectivity index (χ2v) is 6.33. The highest BCUT2D eigenvalue weighted by Gasteiger charge is 2.33. The molecule has 0 spiro atoms. The van der Waals surface area contributed by atoms with Gasteiger partial charge in [-0.3, -0.25) is 0 Å².